The second-order valence-electron chi connectivity index (χ2n) is 7.10. The highest BCUT2D eigenvalue weighted by molar-refractivity contribution is 7.99. The van der Waals surface area contributed by atoms with Crippen LogP contribution in [0.25, 0.3) is 22.4 Å². The zero-order valence-electron chi connectivity index (χ0n) is 17.6. The average Bonchev–Trinajstić information content (AvgIpc) is 3.29. The minimum atomic E-state index is -0.428. The van der Waals surface area contributed by atoms with Crippen molar-refractivity contribution in [2.24, 2.45) is 5.73 Å². The van der Waals surface area contributed by atoms with Crippen molar-refractivity contribution in [1.29, 1.82) is 5.26 Å². The third-order valence-corrected chi connectivity index (χ3v) is 5.58. The van der Waals surface area contributed by atoms with E-state index >= 15 is 0 Å². The molecule has 0 unspecified atom stereocenters. The smallest absolute Gasteiger partial charge is 0.277 e. The highest BCUT2D eigenvalue weighted by Gasteiger charge is 2.19. The zero-order valence-corrected chi connectivity index (χ0v) is 18.4. The van der Waals surface area contributed by atoms with Crippen molar-refractivity contribution in [2.45, 2.75) is 18.7 Å². The number of aromatic nitrogens is 4. The number of nitriles is 1. The molecular weight excluding hydrogens is 440 g/mol. The number of ketones is 1. The summed E-state index contributed by atoms with van der Waals surface area (Å²) in [4.78, 5) is 25.2. The van der Waals surface area contributed by atoms with Gasteiger partial charge in [0.05, 0.1) is 17.7 Å². The van der Waals surface area contributed by atoms with Crippen LogP contribution in [-0.2, 0) is 11.3 Å². The first kappa shape index (κ1) is 22.0. The lowest BCUT2D eigenvalue weighted by molar-refractivity contribution is -0.112. The van der Waals surface area contributed by atoms with Gasteiger partial charge in [-0.3, -0.25) is 9.59 Å². The molecule has 2 aromatic heterocycles. The van der Waals surface area contributed by atoms with Gasteiger partial charge < -0.3 is 10.2 Å². The Morgan fingerprint density at radius 3 is 2.52 bits per heavy atom. The second-order valence-corrected chi connectivity index (χ2v) is 8.02. The van der Waals surface area contributed by atoms with Gasteiger partial charge in [0.1, 0.15) is 11.6 Å². The molecule has 0 fully saturated rings. The first-order valence-electron chi connectivity index (χ1n) is 9.88. The van der Waals surface area contributed by atoms with E-state index in [1.165, 1.54) is 11.6 Å². The van der Waals surface area contributed by atoms with Crippen LogP contribution in [0.1, 0.15) is 12.5 Å². The molecule has 2 N–H and O–H groups in total. The summed E-state index contributed by atoms with van der Waals surface area (Å²) in [6.45, 7) is 1.77. The molecule has 0 aliphatic heterocycles. The van der Waals surface area contributed by atoms with E-state index in [9.17, 15) is 9.59 Å². The highest BCUT2D eigenvalue weighted by atomic mass is 32.2. The second kappa shape index (κ2) is 9.50. The molecule has 9 nitrogen and oxygen atoms in total. The van der Waals surface area contributed by atoms with Crippen LogP contribution in [0.4, 0.5) is 0 Å². The minimum Gasteiger partial charge on any atom is -0.409 e. The van der Waals surface area contributed by atoms with Crippen molar-refractivity contribution in [2.75, 3.05) is 5.75 Å². The van der Waals surface area contributed by atoms with E-state index in [0.717, 1.165) is 17.3 Å². The van der Waals surface area contributed by atoms with Crippen molar-refractivity contribution in [3.8, 4) is 17.7 Å². The Balaban J connectivity index is 1.67. The van der Waals surface area contributed by atoms with Gasteiger partial charge in [-0.15, -0.1) is 10.2 Å². The SMILES string of the molecule is C/C(N)=C(/C#N)C(=O)CSc1nnc(-c2nn(Cc3ccccc3)c(=O)c3ccccc23)o1. The Bertz CT molecular complexity index is 1460. The largest absolute Gasteiger partial charge is 0.409 e. The van der Waals surface area contributed by atoms with Crippen LogP contribution >= 0.6 is 11.8 Å². The van der Waals surface area contributed by atoms with Crippen LogP contribution in [0.2, 0.25) is 0 Å². The summed E-state index contributed by atoms with van der Waals surface area (Å²) in [6, 6.07) is 18.4. The molecule has 0 atom stereocenters. The molecule has 0 saturated carbocycles. The summed E-state index contributed by atoms with van der Waals surface area (Å²) in [5.74, 6) is -0.392. The van der Waals surface area contributed by atoms with Crippen molar-refractivity contribution in [1.82, 2.24) is 20.0 Å². The first-order chi connectivity index (χ1) is 16.0. The molecule has 4 aromatic rings. The summed E-state index contributed by atoms with van der Waals surface area (Å²) in [6.07, 6.45) is 0. The van der Waals surface area contributed by atoms with E-state index in [1.54, 1.807) is 30.3 Å². The Hall–Kier alpha value is -4.23. The third-order valence-electron chi connectivity index (χ3n) is 4.76. The predicted molar refractivity (Wildman–Crippen MR) is 123 cm³/mol. The molecule has 2 aromatic carbocycles. The maximum Gasteiger partial charge on any atom is 0.277 e. The van der Waals surface area contributed by atoms with Crippen LogP contribution in [0, 0.1) is 11.3 Å². The summed E-state index contributed by atoms with van der Waals surface area (Å²) < 4.78 is 7.09. The Morgan fingerprint density at radius 2 is 1.82 bits per heavy atom. The monoisotopic (exact) mass is 458 g/mol. The molecule has 2 heterocycles. The van der Waals surface area contributed by atoms with E-state index in [0.29, 0.717) is 16.5 Å². The number of allylic oxidation sites excluding steroid dienone is 2. The topological polar surface area (TPSA) is 141 Å². The number of benzene rings is 2. The lowest BCUT2D eigenvalue weighted by Crippen LogP contribution is -2.24. The normalized spacial score (nSPS) is 11.8. The number of nitrogens with two attached hydrogens (primary N) is 1. The Morgan fingerprint density at radius 1 is 1.12 bits per heavy atom. The fourth-order valence-corrected chi connectivity index (χ4v) is 3.83. The maximum absolute atomic E-state index is 13.0. The fraction of sp³-hybridized carbons (Fsp3) is 0.130. The van der Waals surface area contributed by atoms with E-state index in [2.05, 4.69) is 15.3 Å². The van der Waals surface area contributed by atoms with Gasteiger partial charge in [-0.25, -0.2) is 4.68 Å². The average molecular weight is 459 g/mol. The quantitative estimate of drug-likeness (QED) is 0.251. The van der Waals surface area contributed by atoms with Gasteiger partial charge in [0, 0.05) is 11.1 Å². The van der Waals surface area contributed by atoms with Gasteiger partial charge in [-0.05, 0) is 18.6 Å². The summed E-state index contributed by atoms with van der Waals surface area (Å²) in [7, 11) is 0. The van der Waals surface area contributed by atoms with Gasteiger partial charge in [-0.2, -0.15) is 10.4 Å². The minimum absolute atomic E-state index is 0.0826. The molecule has 0 amide bonds. The molecule has 0 bridgehead atoms. The molecule has 0 aliphatic rings. The maximum atomic E-state index is 13.0. The van der Waals surface area contributed by atoms with Crippen molar-refractivity contribution < 1.29 is 9.21 Å². The van der Waals surface area contributed by atoms with Crippen LogP contribution in [0.5, 0.6) is 0 Å². The Kier molecular flexibility index (Phi) is 6.33. The van der Waals surface area contributed by atoms with E-state index < -0.39 is 5.78 Å². The summed E-state index contributed by atoms with van der Waals surface area (Å²) >= 11 is 0.994. The van der Waals surface area contributed by atoms with Crippen molar-refractivity contribution in [3.63, 3.8) is 0 Å². The van der Waals surface area contributed by atoms with Crippen LogP contribution in [0.15, 0.2) is 80.3 Å². The van der Waals surface area contributed by atoms with Crippen LogP contribution in [0.3, 0.4) is 0 Å². The first-order valence-corrected chi connectivity index (χ1v) is 10.9. The van der Waals surface area contributed by atoms with Crippen LogP contribution in [-0.4, -0.2) is 31.5 Å². The molecule has 0 saturated heterocycles. The number of fused-ring (bicyclic) bond motifs is 1. The standard InChI is InChI=1S/C23H18N6O3S/c1-14(25)18(11-24)19(30)13-33-23-27-26-21(32-23)20-16-9-5-6-10-17(16)22(31)29(28-20)12-15-7-3-2-4-8-15/h2-10H,12-13,25H2,1H3/b18-14+. The lowest BCUT2D eigenvalue weighted by Gasteiger charge is -2.09. The fourth-order valence-electron chi connectivity index (χ4n) is 3.19. The van der Waals surface area contributed by atoms with Gasteiger partial charge in [-0.1, -0.05) is 60.3 Å². The number of nitrogens with zero attached hydrogens (tertiary/aromatic N) is 5. The van der Waals surface area contributed by atoms with Crippen molar-refractivity contribution >= 4 is 28.3 Å². The molecular formula is C23H18N6O3S. The molecule has 164 valence electrons. The summed E-state index contributed by atoms with van der Waals surface area (Å²) in [5.41, 5.74) is 6.69. The number of carbonyl (C=O) groups excluding carboxylic acids is 1. The number of thioether (sulfide) groups is 1. The van der Waals surface area contributed by atoms with E-state index in [1.807, 2.05) is 30.3 Å². The third kappa shape index (κ3) is 4.68. The van der Waals surface area contributed by atoms with E-state index in [-0.39, 0.29) is 40.2 Å². The van der Waals surface area contributed by atoms with Crippen molar-refractivity contribution in [3.05, 3.63) is 81.8 Å². The lowest BCUT2D eigenvalue weighted by atomic mass is 10.1. The molecule has 0 radical (unpaired) electrons. The number of hydrogen-bond donors (Lipinski definition) is 1. The number of carbonyl (C=O) groups is 1. The predicted octanol–water partition coefficient (Wildman–Crippen LogP) is 2.91. The summed E-state index contributed by atoms with van der Waals surface area (Å²) in [5, 5.41) is 22.8. The highest BCUT2D eigenvalue weighted by Crippen LogP contribution is 2.27. The number of hydrogen-bond acceptors (Lipinski definition) is 9. The zero-order chi connectivity index (χ0) is 23.4. The van der Waals surface area contributed by atoms with Gasteiger partial charge in [0.2, 0.25) is 0 Å². The molecule has 0 aliphatic carbocycles. The van der Waals surface area contributed by atoms with Gasteiger partial charge >= 0.3 is 0 Å². The molecule has 0 spiro atoms. The number of Topliss-reactive ketones (excluding diaryl/α,β-unsaturated/α-hetero) is 1. The van der Waals surface area contributed by atoms with Crippen LogP contribution < -0.4 is 11.3 Å². The molecule has 33 heavy (non-hydrogen) atoms. The Labute approximate surface area is 192 Å². The van der Waals surface area contributed by atoms with Gasteiger partial charge in [0.15, 0.2) is 11.5 Å². The van der Waals surface area contributed by atoms with Gasteiger partial charge in [0.25, 0.3) is 16.7 Å². The molecule has 10 heteroatoms. The molecule has 4 rings (SSSR count). The number of rotatable bonds is 7. The van der Waals surface area contributed by atoms with E-state index in [4.69, 9.17) is 15.4 Å².